The third-order valence-corrected chi connectivity index (χ3v) is 5.94. The zero-order valence-electron chi connectivity index (χ0n) is 19.0. The lowest BCUT2D eigenvalue weighted by atomic mass is 10.0. The zero-order valence-corrected chi connectivity index (χ0v) is 19.8. The first-order valence-electron chi connectivity index (χ1n) is 11.4. The van der Waals surface area contributed by atoms with Crippen molar-refractivity contribution in [2.45, 2.75) is 71.9 Å². The molecule has 168 valence electrons. The van der Waals surface area contributed by atoms with E-state index in [4.69, 9.17) is 11.6 Å². The Morgan fingerprint density at radius 3 is 2.29 bits per heavy atom. The van der Waals surface area contributed by atoms with E-state index in [-0.39, 0.29) is 11.8 Å². The van der Waals surface area contributed by atoms with Gasteiger partial charge in [-0.3, -0.25) is 9.59 Å². The van der Waals surface area contributed by atoms with Crippen molar-refractivity contribution < 1.29 is 9.59 Å². The highest BCUT2D eigenvalue weighted by molar-refractivity contribution is 6.31. The Labute approximate surface area is 192 Å². The summed E-state index contributed by atoms with van der Waals surface area (Å²) in [7, 11) is 0. The lowest BCUT2D eigenvalue weighted by Crippen LogP contribution is -2.49. The number of amides is 2. The Morgan fingerprint density at radius 2 is 1.68 bits per heavy atom. The van der Waals surface area contributed by atoms with Crippen molar-refractivity contribution in [3.05, 3.63) is 70.2 Å². The smallest absolute Gasteiger partial charge is 0.242 e. The maximum absolute atomic E-state index is 13.3. The van der Waals surface area contributed by atoms with E-state index in [1.807, 2.05) is 31.2 Å². The van der Waals surface area contributed by atoms with Crippen LogP contribution in [0.3, 0.4) is 0 Å². The molecule has 0 aliphatic rings. The molecule has 1 atom stereocenters. The van der Waals surface area contributed by atoms with Crippen LogP contribution in [0, 0.1) is 0 Å². The molecule has 31 heavy (non-hydrogen) atoms. The number of rotatable bonds is 12. The molecule has 0 aromatic heterocycles. The van der Waals surface area contributed by atoms with Crippen LogP contribution in [0.2, 0.25) is 5.02 Å². The number of benzene rings is 2. The molecule has 0 aliphatic heterocycles. The Bertz CT molecular complexity index is 836. The minimum absolute atomic E-state index is 0.0306. The molecule has 5 heteroatoms. The number of hydrogen-bond acceptors (Lipinski definition) is 2. The van der Waals surface area contributed by atoms with Crippen LogP contribution in [0.1, 0.15) is 63.1 Å². The molecule has 2 aromatic carbocycles. The van der Waals surface area contributed by atoms with Crippen molar-refractivity contribution in [1.82, 2.24) is 10.2 Å². The van der Waals surface area contributed by atoms with E-state index >= 15 is 0 Å². The van der Waals surface area contributed by atoms with E-state index in [9.17, 15) is 9.59 Å². The van der Waals surface area contributed by atoms with Gasteiger partial charge in [-0.05, 0) is 48.4 Å². The molecule has 4 nitrogen and oxygen atoms in total. The quantitative estimate of drug-likeness (QED) is 0.437. The lowest BCUT2D eigenvalue weighted by molar-refractivity contribution is -0.141. The predicted octanol–water partition coefficient (Wildman–Crippen LogP) is 5.56. The number of carbonyl (C=O) groups is 2. The fourth-order valence-electron chi connectivity index (χ4n) is 3.57. The average Bonchev–Trinajstić information content (AvgIpc) is 2.79. The van der Waals surface area contributed by atoms with Gasteiger partial charge in [-0.15, -0.1) is 0 Å². The molecule has 1 N–H and O–H groups in total. The van der Waals surface area contributed by atoms with Crippen LogP contribution >= 0.6 is 11.6 Å². The van der Waals surface area contributed by atoms with E-state index in [0.29, 0.717) is 37.4 Å². The van der Waals surface area contributed by atoms with Gasteiger partial charge in [0.05, 0.1) is 0 Å². The molecule has 2 aromatic rings. The summed E-state index contributed by atoms with van der Waals surface area (Å²) in [6.45, 7) is 7.11. The standard InChI is InChI=1S/C26H35ClN2O2/c1-4-7-18-28-26(31)24(6-3)29(19-22-10-8-9-11-23(22)27)25(30)17-16-21-14-12-20(5-2)13-15-21/h8-15,24H,4-7,16-19H2,1-3H3,(H,28,31)/t24-/m1/s1. The van der Waals surface area contributed by atoms with Gasteiger partial charge in [0.1, 0.15) is 6.04 Å². The fraction of sp³-hybridized carbons (Fsp3) is 0.462. The van der Waals surface area contributed by atoms with Crippen molar-refractivity contribution in [3.63, 3.8) is 0 Å². The summed E-state index contributed by atoms with van der Waals surface area (Å²) >= 11 is 6.37. The summed E-state index contributed by atoms with van der Waals surface area (Å²) in [5.41, 5.74) is 3.26. The van der Waals surface area contributed by atoms with Crippen LogP contribution in [-0.2, 0) is 29.0 Å². The second kappa shape index (κ2) is 13.2. The summed E-state index contributed by atoms with van der Waals surface area (Å²) in [5.74, 6) is -0.124. The first kappa shape index (κ1) is 24.9. The molecule has 0 saturated carbocycles. The largest absolute Gasteiger partial charge is 0.354 e. The van der Waals surface area contributed by atoms with Gasteiger partial charge in [0.25, 0.3) is 0 Å². The third kappa shape index (κ3) is 7.70. The summed E-state index contributed by atoms with van der Waals surface area (Å²) in [6.07, 6.45) is 4.49. The van der Waals surface area contributed by atoms with E-state index in [1.165, 1.54) is 5.56 Å². The number of halogens is 1. The molecular weight excluding hydrogens is 408 g/mol. The minimum atomic E-state index is -0.511. The Morgan fingerprint density at radius 1 is 1.00 bits per heavy atom. The number of carbonyl (C=O) groups excluding carboxylic acids is 2. The van der Waals surface area contributed by atoms with Crippen LogP contribution in [0.5, 0.6) is 0 Å². The maximum atomic E-state index is 13.3. The molecule has 0 radical (unpaired) electrons. The summed E-state index contributed by atoms with van der Waals surface area (Å²) < 4.78 is 0. The van der Waals surface area contributed by atoms with Gasteiger partial charge in [0.15, 0.2) is 0 Å². The number of unbranched alkanes of at least 4 members (excludes halogenated alkanes) is 1. The van der Waals surface area contributed by atoms with Gasteiger partial charge in [-0.1, -0.05) is 81.3 Å². The van der Waals surface area contributed by atoms with Gasteiger partial charge < -0.3 is 10.2 Å². The van der Waals surface area contributed by atoms with Crippen molar-refractivity contribution in [3.8, 4) is 0 Å². The van der Waals surface area contributed by atoms with Gasteiger partial charge in [0, 0.05) is 24.5 Å². The van der Waals surface area contributed by atoms with Crippen molar-refractivity contribution in [2.75, 3.05) is 6.54 Å². The highest BCUT2D eigenvalue weighted by Gasteiger charge is 2.28. The van der Waals surface area contributed by atoms with Crippen LogP contribution < -0.4 is 5.32 Å². The Balaban J connectivity index is 2.16. The van der Waals surface area contributed by atoms with Crippen LogP contribution in [-0.4, -0.2) is 29.3 Å². The molecule has 2 amide bonds. The normalized spacial score (nSPS) is 11.7. The van der Waals surface area contributed by atoms with E-state index in [2.05, 4.69) is 43.4 Å². The number of aryl methyl sites for hydroxylation is 2. The molecule has 0 saturated heterocycles. The molecular formula is C26H35ClN2O2. The zero-order chi connectivity index (χ0) is 22.6. The molecule has 0 bridgehead atoms. The van der Waals surface area contributed by atoms with Crippen LogP contribution in [0.15, 0.2) is 48.5 Å². The van der Waals surface area contributed by atoms with Crippen LogP contribution in [0.25, 0.3) is 0 Å². The van der Waals surface area contributed by atoms with Crippen molar-refractivity contribution >= 4 is 23.4 Å². The Hall–Kier alpha value is -2.33. The van der Waals surface area contributed by atoms with Gasteiger partial charge in [0.2, 0.25) is 11.8 Å². The molecule has 0 heterocycles. The number of nitrogens with zero attached hydrogens (tertiary/aromatic N) is 1. The third-order valence-electron chi connectivity index (χ3n) is 5.57. The minimum Gasteiger partial charge on any atom is -0.354 e. The topological polar surface area (TPSA) is 49.4 Å². The van der Waals surface area contributed by atoms with Crippen molar-refractivity contribution in [2.24, 2.45) is 0 Å². The highest BCUT2D eigenvalue weighted by atomic mass is 35.5. The maximum Gasteiger partial charge on any atom is 0.242 e. The van der Waals surface area contributed by atoms with E-state index < -0.39 is 6.04 Å². The molecule has 0 fully saturated rings. The van der Waals surface area contributed by atoms with Gasteiger partial charge in [-0.2, -0.15) is 0 Å². The first-order chi connectivity index (χ1) is 15.0. The highest BCUT2D eigenvalue weighted by Crippen LogP contribution is 2.21. The van der Waals surface area contributed by atoms with Crippen LogP contribution in [0.4, 0.5) is 0 Å². The van der Waals surface area contributed by atoms with E-state index in [1.54, 1.807) is 4.90 Å². The van der Waals surface area contributed by atoms with Crippen molar-refractivity contribution in [1.29, 1.82) is 0 Å². The molecule has 0 unspecified atom stereocenters. The van der Waals surface area contributed by atoms with E-state index in [0.717, 1.165) is 30.4 Å². The summed E-state index contributed by atoms with van der Waals surface area (Å²) in [6, 6.07) is 15.4. The second-order valence-electron chi connectivity index (χ2n) is 7.85. The average molecular weight is 443 g/mol. The predicted molar refractivity (Wildman–Crippen MR) is 128 cm³/mol. The summed E-state index contributed by atoms with van der Waals surface area (Å²) in [5, 5.41) is 3.60. The molecule has 0 spiro atoms. The van der Waals surface area contributed by atoms with Gasteiger partial charge >= 0.3 is 0 Å². The number of hydrogen-bond donors (Lipinski definition) is 1. The molecule has 0 aliphatic carbocycles. The second-order valence-corrected chi connectivity index (χ2v) is 8.26. The Kier molecular flexibility index (Phi) is 10.6. The first-order valence-corrected chi connectivity index (χ1v) is 11.8. The molecule has 2 rings (SSSR count). The lowest BCUT2D eigenvalue weighted by Gasteiger charge is -2.31. The summed E-state index contributed by atoms with van der Waals surface area (Å²) in [4.78, 5) is 27.9. The monoisotopic (exact) mass is 442 g/mol. The fourth-order valence-corrected chi connectivity index (χ4v) is 3.77. The SMILES string of the molecule is CCCCNC(=O)[C@@H](CC)N(Cc1ccccc1Cl)C(=O)CCc1ccc(CC)cc1. The van der Waals surface area contributed by atoms with Gasteiger partial charge in [-0.25, -0.2) is 0 Å². The number of nitrogens with one attached hydrogen (secondary N) is 1.